The molecule has 0 atom stereocenters. The van der Waals surface area contributed by atoms with E-state index in [9.17, 15) is 0 Å². The zero-order valence-corrected chi connectivity index (χ0v) is 19.3. The van der Waals surface area contributed by atoms with Gasteiger partial charge in [0.05, 0.1) is 19.8 Å². The summed E-state index contributed by atoms with van der Waals surface area (Å²) < 4.78 is 16.7. The second-order valence-corrected chi connectivity index (χ2v) is 8.59. The standard InChI is InChI=1S/C24H40N4O3/c1-3-25-23(27-20-24(8-5-9-24)10-14-29-2)26-19-21-6-4-7-22(18-21)31-17-13-28-11-15-30-16-12-28/h4,6-7,18H,3,5,8-17,19-20H2,1-2H3,(H2,25,26,27). The maximum Gasteiger partial charge on any atom is 0.191 e. The van der Waals surface area contributed by atoms with Gasteiger partial charge in [0.2, 0.25) is 0 Å². The molecule has 1 aromatic rings. The fourth-order valence-corrected chi connectivity index (χ4v) is 4.14. The van der Waals surface area contributed by atoms with Crippen LogP contribution in [0.5, 0.6) is 5.75 Å². The smallest absolute Gasteiger partial charge is 0.191 e. The summed E-state index contributed by atoms with van der Waals surface area (Å²) in [6.07, 6.45) is 4.97. The van der Waals surface area contributed by atoms with E-state index in [1.807, 2.05) is 12.1 Å². The highest BCUT2D eigenvalue weighted by Gasteiger charge is 2.36. The first-order chi connectivity index (χ1) is 15.2. The molecule has 0 aromatic heterocycles. The van der Waals surface area contributed by atoms with Crippen LogP contribution in [0.15, 0.2) is 29.3 Å². The quantitative estimate of drug-likeness (QED) is 0.391. The number of nitrogens with one attached hydrogen (secondary N) is 2. The predicted octanol–water partition coefficient (Wildman–Crippen LogP) is 2.66. The highest BCUT2D eigenvalue weighted by atomic mass is 16.5. The zero-order valence-electron chi connectivity index (χ0n) is 19.3. The van der Waals surface area contributed by atoms with Crippen molar-refractivity contribution in [2.24, 2.45) is 10.4 Å². The number of hydrogen-bond donors (Lipinski definition) is 2. The van der Waals surface area contributed by atoms with Crippen LogP contribution in [-0.2, 0) is 16.0 Å². The van der Waals surface area contributed by atoms with E-state index < -0.39 is 0 Å². The van der Waals surface area contributed by atoms with Gasteiger partial charge in [-0.2, -0.15) is 0 Å². The van der Waals surface area contributed by atoms with E-state index >= 15 is 0 Å². The van der Waals surface area contributed by atoms with E-state index in [1.165, 1.54) is 19.3 Å². The van der Waals surface area contributed by atoms with E-state index in [0.717, 1.165) is 76.2 Å². The van der Waals surface area contributed by atoms with Crippen LogP contribution >= 0.6 is 0 Å². The zero-order chi connectivity index (χ0) is 21.8. The first-order valence-corrected chi connectivity index (χ1v) is 11.8. The largest absolute Gasteiger partial charge is 0.492 e. The van der Waals surface area contributed by atoms with Gasteiger partial charge in [-0.05, 0) is 49.3 Å². The fraction of sp³-hybridized carbons (Fsp3) is 0.708. The maximum absolute atomic E-state index is 5.98. The number of guanidine groups is 1. The van der Waals surface area contributed by atoms with Gasteiger partial charge in [0.25, 0.3) is 0 Å². The molecule has 7 nitrogen and oxygen atoms in total. The lowest BCUT2D eigenvalue weighted by atomic mass is 9.67. The minimum atomic E-state index is 0.362. The number of methoxy groups -OCH3 is 1. The molecule has 31 heavy (non-hydrogen) atoms. The van der Waals surface area contributed by atoms with Gasteiger partial charge >= 0.3 is 0 Å². The van der Waals surface area contributed by atoms with Crippen molar-refractivity contribution in [3.8, 4) is 5.75 Å². The van der Waals surface area contributed by atoms with Crippen LogP contribution in [0.1, 0.15) is 38.2 Å². The van der Waals surface area contributed by atoms with Gasteiger partial charge in [-0.3, -0.25) is 4.90 Å². The van der Waals surface area contributed by atoms with Crippen LogP contribution in [0.2, 0.25) is 0 Å². The van der Waals surface area contributed by atoms with Crippen molar-refractivity contribution in [2.45, 2.75) is 39.2 Å². The van der Waals surface area contributed by atoms with Crippen LogP contribution in [0, 0.1) is 5.41 Å². The van der Waals surface area contributed by atoms with Gasteiger partial charge in [-0.15, -0.1) is 0 Å². The van der Waals surface area contributed by atoms with Gasteiger partial charge in [-0.1, -0.05) is 18.6 Å². The summed E-state index contributed by atoms with van der Waals surface area (Å²) in [5.41, 5.74) is 1.51. The third-order valence-electron chi connectivity index (χ3n) is 6.32. The van der Waals surface area contributed by atoms with Crippen molar-refractivity contribution in [1.29, 1.82) is 0 Å². The average molecular weight is 433 g/mol. The molecule has 2 aliphatic rings. The highest BCUT2D eigenvalue weighted by molar-refractivity contribution is 5.79. The Hall–Kier alpha value is -1.83. The van der Waals surface area contributed by atoms with E-state index in [-0.39, 0.29) is 0 Å². The van der Waals surface area contributed by atoms with Crippen molar-refractivity contribution in [2.75, 3.05) is 66.3 Å². The molecule has 0 bridgehead atoms. The Kier molecular flexibility index (Phi) is 9.90. The third-order valence-corrected chi connectivity index (χ3v) is 6.32. The SMILES string of the molecule is CCNC(=NCc1cccc(OCCN2CCOCC2)c1)NCC1(CCOC)CCC1. The molecule has 2 fully saturated rings. The maximum atomic E-state index is 5.98. The van der Waals surface area contributed by atoms with Crippen LogP contribution in [0.4, 0.5) is 0 Å². The number of hydrogen-bond acceptors (Lipinski definition) is 5. The van der Waals surface area contributed by atoms with Crippen molar-refractivity contribution in [3.05, 3.63) is 29.8 Å². The van der Waals surface area contributed by atoms with Gasteiger partial charge < -0.3 is 24.8 Å². The lowest BCUT2D eigenvalue weighted by molar-refractivity contribution is 0.0322. The number of rotatable bonds is 12. The second kappa shape index (κ2) is 12.9. The summed E-state index contributed by atoms with van der Waals surface area (Å²) in [5, 5.41) is 6.94. The van der Waals surface area contributed by atoms with Crippen molar-refractivity contribution >= 4 is 5.96 Å². The van der Waals surface area contributed by atoms with Gasteiger partial charge in [0.1, 0.15) is 12.4 Å². The van der Waals surface area contributed by atoms with E-state index in [0.29, 0.717) is 18.6 Å². The molecule has 0 unspecified atom stereocenters. The molecule has 1 saturated carbocycles. The summed E-state index contributed by atoms with van der Waals surface area (Å²) >= 11 is 0. The monoisotopic (exact) mass is 432 g/mol. The van der Waals surface area contributed by atoms with E-state index in [4.69, 9.17) is 19.2 Å². The average Bonchev–Trinajstić information content (AvgIpc) is 2.77. The van der Waals surface area contributed by atoms with E-state index in [1.54, 1.807) is 7.11 Å². The number of morpholine rings is 1. The Morgan fingerprint density at radius 2 is 2.03 bits per heavy atom. The lowest BCUT2D eigenvalue weighted by Crippen LogP contribution is -2.46. The van der Waals surface area contributed by atoms with Crippen LogP contribution in [0.3, 0.4) is 0 Å². The number of aliphatic imine (C=N–C) groups is 1. The molecule has 1 aliphatic heterocycles. The third kappa shape index (κ3) is 7.98. The molecular formula is C24H40N4O3. The second-order valence-electron chi connectivity index (χ2n) is 8.59. The van der Waals surface area contributed by atoms with Gasteiger partial charge in [0, 0.05) is 46.4 Å². The highest BCUT2D eigenvalue weighted by Crippen LogP contribution is 2.43. The predicted molar refractivity (Wildman–Crippen MR) is 125 cm³/mol. The van der Waals surface area contributed by atoms with Crippen LogP contribution in [0.25, 0.3) is 0 Å². The minimum Gasteiger partial charge on any atom is -0.492 e. The normalized spacial score (nSPS) is 19.0. The molecule has 174 valence electrons. The summed E-state index contributed by atoms with van der Waals surface area (Å²) in [5.74, 6) is 1.79. The molecule has 0 radical (unpaired) electrons. The molecule has 2 N–H and O–H groups in total. The number of ether oxygens (including phenoxy) is 3. The van der Waals surface area contributed by atoms with Gasteiger partial charge in [0.15, 0.2) is 5.96 Å². The molecule has 1 heterocycles. The van der Waals surface area contributed by atoms with Crippen LogP contribution in [-0.4, -0.2) is 77.1 Å². The number of nitrogens with zero attached hydrogens (tertiary/aromatic N) is 2. The van der Waals surface area contributed by atoms with Gasteiger partial charge in [-0.25, -0.2) is 4.99 Å². The lowest BCUT2D eigenvalue weighted by Gasteiger charge is -2.42. The Balaban J connectivity index is 1.47. The molecule has 0 amide bonds. The molecule has 7 heteroatoms. The minimum absolute atomic E-state index is 0.362. The topological polar surface area (TPSA) is 67.4 Å². The Morgan fingerprint density at radius 3 is 2.74 bits per heavy atom. The summed E-state index contributed by atoms with van der Waals surface area (Å²) in [4.78, 5) is 7.19. The summed E-state index contributed by atoms with van der Waals surface area (Å²) in [7, 11) is 1.78. The Labute approximate surface area is 187 Å². The van der Waals surface area contributed by atoms with E-state index in [2.05, 4.69) is 34.6 Å². The molecular weight excluding hydrogens is 392 g/mol. The van der Waals surface area contributed by atoms with Crippen LogP contribution < -0.4 is 15.4 Å². The molecule has 3 rings (SSSR count). The summed E-state index contributed by atoms with van der Waals surface area (Å²) in [6, 6.07) is 8.27. The first-order valence-electron chi connectivity index (χ1n) is 11.8. The van der Waals surface area contributed by atoms with Crippen molar-refractivity contribution in [1.82, 2.24) is 15.5 Å². The molecule has 0 spiro atoms. The van der Waals surface area contributed by atoms with Crippen molar-refractivity contribution in [3.63, 3.8) is 0 Å². The first kappa shape index (κ1) is 23.8. The molecule has 1 saturated heterocycles. The Bertz CT molecular complexity index is 673. The summed E-state index contributed by atoms with van der Waals surface area (Å²) in [6.45, 7) is 10.6. The number of benzene rings is 1. The fourth-order valence-electron chi connectivity index (χ4n) is 4.14. The molecule has 1 aromatic carbocycles. The Morgan fingerprint density at radius 1 is 1.19 bits per heavy atom. The molecule has 1 aliphatic carbocycles. The van der Waals surface area contributed by atoms with Crippen molar-refractivity contribution < 1.29 is 14.2 Å².